The Hall–Kier alpha value is -2.51. The molecule has 2 heterocycles. The van der Waals surface area contributed by atoms with E-state index in [0.717, 1.165) is 44.5 Å². The van der Waals surface area contributed by atoms with Crippen LogP contribution in [0, 0.1) is 11.3 Å². The number of aromatic nitrogens is 1. The molecule has 3 aromatic rings. The van der Waals surface area contributed by atoms with Crippen molar-refractivity contribution in [3.8, 4) is 21.1 Å². The highest BCUT2D eigenvalue weighted by Crippen LogP contribution is 2.34. The van der Waals surface area contributed by atoms with Gasteiger partial charge in [-0.15, -0.1) is 22.7 Å². The van der Waals surface area contributed by atoms with Crippen molar-refractivity contribution in [3.05, 3.63) is 46.7 Å². The van der Waals surface area contributed by atoms with Crippen molar-refractivity contribution in [1.29, 1.82) is 0 Å². The molecule has 5 nitrogen and oxygen atoms in total. The lowest BCUT2D eigenvalue weighted by molar-refractivity contribution is -0.128. The van der Waals surface area contributed by atoms with Crippen molar-refractivity contribution in [3.63, 3.8) is 0 Å². The van der Waals surface area contributed by atoms with Crippen molar-refractivity contribution >= 4 is 40.2 Å². The van der Waals surface area contributed by atoms with Crippen molar-refractivity contribution in [2.75, 3.05) is 5.32 Å². The molecular weight excluding hydrogens is 414 g/mol. The second kappa shape index (κ2) is 8.32. The summed E-state index contributed by atoms with van der Waals surface area (Å²) in [6.45, 7) is 6.26. The van der Waals surface area contributed by atoms with Crippen molar-refractivity contribution in [2.24, 2.45) is 11.3 Å². The number of nitrogens with zero attached hydrogens (tertiary/aromatic N) is 1. The molecule has 1 fully saturated rings. The van der Waals surface area contributed by atoms with Gasteiger partial charge in [0.2, 0.25) is 11.8 Å². The number of thiazole rings is 1. The van der Waals surface area contributed by atoms with E-state index in [-0.39, 0.29) is 23.1 Å². The van der Waals surface area contributed by atoms with E-state index < -0.39 is 0 Å². The molecule has 0 spiro atoms. The monoisotopic (exact) mass is 439 g/mol. The zero-order valence-corrected chi connectivity index (χ0v) is 19.0. The molecule has 1 saturated carbocycles. The standard InChI is InChI=1S/C23H25N3O2S2/c1-23(2,3)22(28)24-12-17-10-11-19(30-17)18-13-29-21(26-18)15-6-8-16(9-7-15)25-20(27)14-4-5-14/h6-11,13-14H,4-5,12H2,1-3H3,(H,24,28)(H,25,27). The maximum absolute atomic E-state index is 12.1. The van der Waals surface area contributed by atoms with E-state index >= 15 is 0 Å². The lowest BCUT2D eigenvalue weighted by atomic mass is 9.96. The quantitative estimate of drug-likeness (QED) is 0.529. The normalized spacial score (nSPS) is 13.8. The Labute approximate surface area is 184 Å². The zero-order valence-electron chi connectivity index (χ0n) is 17.3. The molecule has 1 aliphatic carbocycles. The van der Waals surface area contributed by atoms with Gasteiger partial charge in [0.05, 0.1) is 17.1 Å². The molecule has 4 rings (SSSR count). The number of thiophene rings is 1. The number of anilines is 1. The number of nitrogens with one attached hydrogen (secondary N) is 2. The van der Waals surface area contributed by atoms with Gasteiger partial charge in [0.15, 0.2) is 0 Å². The first kappa shape index (κ1) is 20.8. The average Bonchev–Trinajstić information content (AvgIpc) is 3.26. The Kier molecular flexibility index (Phi) is 5.75. The molecule has 0 unspecified atom stereocenters. The fraction of sp³-hybridized carbons (Fsp3) is 0.348. The average molecular weight is 440 g/mol. The third kappa shape index (κ3) is 4.96. The van der Waals surface area contributed by atoms with Gasteiger partial charge in [0, 0.05) is 32.8 Å². The molecule has 1 aliphatic rings. The van der Waals surface area contributed by atoms with Gasteiger partial charge >= 0.3 is 0 Å². The lowest BCUT2D eigenvalue weighted by Gasteiger charge is -2.17. The van der Waals surface area contributed by atoms with Crippen LogP contribution in [0.2, 0.25) is 0 Å². The summed E-state index contributed by atoms with van der Waals surface area (Å²) < 4.78 is 0. The van der Waals surface area contributed by atoms with Crippen LogP contribution >= 0.6 is 22.7 Å². The lowest BCUT2D eigenvalue weighted by Crippen LogP contribution is -2.34. The van der Waals surface area contributed by atoms with Gasteiger partial charge in [0.25, 0.3) is 0 Å². The number of benzene rings is 1. The number of carbonyl (C=O) groups is 2. The van der Waals surface area contributed by atoms with Gasteiger partial charge in [-0.25, -0.2) is 4.98 Å². The molecule has 2 aromatic heterocycles. The maximum atomic E-state index is 12.1. The molecule has 0 atom stereocenters. The van der Waals surface area contributed by atoms with E-state index in [2.05, 4.69) is 22.1 Å². The van der Waals surface area contributed by atoms with E-state index in [0.29, 0.717) is 6.54 Å². The van der Waals surface area contributed by atoms with Crippen LogP contribution in [0.5, 0.6) is 0 Å². The minimum atomic E-state index is -0.389. The maximum Gasteiger partial charge on any atom is 0.227 e. The third-order valence-electron chi connectivity index (χ3n) is 4.87. The second-order valence-corrected chi connectivity index (χ2v) is 10.6. The highest BCUT2D eigenvalue weighted by Gasteiger charge is 2.29. The topological polar surface area (TPSA) is 71.1 Å². The Morgan fingerprint density at radius 2 is 1.83 bits per heavy atom. The first-order valence-electron chi connectivity index (χ1n) is 10.0. The fourth-order valence-electron chi connectivity index (χ4n) is 2.85. The molecule has 0 radical (unpaired) electrons. The fourth-order valence-corrected chi connectivity index (χ4v) is 4.66. The molecule has 30 heavy (non-hydrogen) atoms. The van der Waals surface area contributed by atoms with Crippen LogP contribution in [0.25, 0.3) is 21.1 Å². The second-order valence-electron chi connectivity index (χ2n) is 8.58. The summed E-state index contributed by atoms with van der Waals surface area (Å²) in [7, 11) is 0. The summed E-state index contributed by atoms with van der Waals surface area (Å²) in [5, 5.41) is 8.95. The molecule has 7 heteroatoms. The number of rotatable bonds is 6. The van der Waals surface area contributed by atoms with Crippen LogP contribution in [-0.2, 0) is 16.1 Å². The van der Waals surface area contributed by atoms with Gasteiger partial charge in [0.1, 0.15) is 5.01 Å². The van der Waals surface area contributed by atoms with Crippen LogP contribution in [0.4, 0.5) is 5.69 Å². The summed E-state index contributed by atoms with van der Waals surface area (Å²) in [5.74, 6) is 0.361. The Balaban J connectivity index is 1.40. The first-order chi connectivity index (χ1) is 14.3. The number of hydrogen-bond donors (Lipinski definition) is 2. The van der Waals surface area contributed by atoms with Crippen LogP contribution in [0.15, 0.2) is 41.8 Å². The van der Waals surface area contributed by atoms with E-state index in [1.807, 2.05) is 51.1 Å². The highest BCUT2D eigenvalue weighted by atomic mass is 32.1. The van der Waals surface area contributed by atoms with E-state index in [9.17, 15) is 9.59 Å². The summed E-state index contributed by atoms with van der Waals surface area (Å²) in [4.78, 5) is 30.9. The van der Waals surface area contributed by atoms with Crippen LogP contribution in [0.3, 0.4) is 0 Å². The SMILES string of the molecule is CC(C)(C)C(=O)NCc1ccc(-c2csc(-c3ccc(NC(=O)C4CC4)cc3)n2)s1. The van der Waals surface area contributed by atoms with Gasteiger partial charge in [-0.05, 0) is 49.2 Å². The van der Waals surface area contributed by atoms with Crippen molar-refractivity contribution in [2.45, 2.75) is 40.2 Å². The Bertz CT molecular complexity index is 1060. The number of hydrogen-bond acceptors (Lipinski definition) is 5. The minimum Gasteiger partial charge on any atom is -0.351 e. The van der Waals surface area contributed by atoms with Gasteiger partial charge in [-0.2, -0.15) is 0 Å². The number of carbonyl (C=O) groups excluding carboxylic acids is 2. The van der Waals surface area contributed by atoms with E-state index in [1.54, 1.807) is 22.7 Å². The molecule has 0 saturated heterocycles. The predicted octanol–water partition coefficient (Wildman–Crippen LogP) is 5.55. The smallest absolute Gasteiger partial charge is 0.227 e. The molecular formula is C23H25N3O2S2. The van der Waals surface area contributed by atoms with Crippen molar-refractivity contribution in [1.82, 2.24) is 10.3 Å². The molecule has 2 amide bonds. The molecule has 0 bridgehead atoms. The van der Waals surface area contributed by atoms with Crippen LogP contribution in [-0.4, -0.2) is 16.8 Å². The third-order valence-corrected chi connectivity index (χ3v) is 6.87. The van der Waals surface area contributed by atoms with E-state index in [1.165, 1.54) is 0 Å². The Morgan fingerprint density at radius 1 is 1.10 bits per heavy atom. The van der Waals surface area contributed by atoms with Gasteiger partial charge in [-0.3, -0.25) is 9.59 Å². The number of amides is 2. The minimum absolute atomic E-state index is 0.0464. The molecule has 0 aliphatic heterocycles. The largest absolute Gasteiger partial charge is 0.351 e. The first-order valence-corrected chi connectivity index (χ1v) is 11.7. The predicted molar refractivity (Wildman–Crippen MR) is 124 cm³/mol. The van der Waals surface area contributed by atoms with Crippen LogP contribution in [0.1, 0.15) is 38.5 Å². The summed E-state index contributed by atoms with van der Waals surface area (Å²) >= 11 is 3.25. The summed E-state index contributed by atoms with van der Waals surface area (Å²) in [6.07, 6.45) is 2.00. The molecule has 1 aromatic carbocycles. The van der Waals surface area contributed by atoms with Gasteiger partial charge < -0.3 is 10.6 Å². The molecule has 156 valence electrons. The van der Waals surface area contributed by atoms with Gasteiger partial charge in [-0.1, -0.05) is 20.8 Å². The molecule has 2 N–H and O–H groups in total. The summed E-state index contributed by atoms with van der Waals surface area (Å²) in [6, 6.07) is 11.9. The van der Waals surface area contributed by atoms with Crippen molar-refractivity contribution < 1.29 is 9.59 Å². The summed E-state index contributed by atoms with van der Waals surface area (Å²) in [5.41, 5.74) is 2.41. The Morgan fingerprint density at radius 3 is 2.50 bits per heavy atom. The van der Waals surface area contributed by atoms with Crippen LogP contribution < -0.4 is 10.6 Å². The highest BCUT2D eigenvalue weighted by molar-refractivity contribution is 7.16. The van der Waals surface area contributed by atoms with E-state index in [4.69, 9.17) is 4.98 Å². The zero-order chi connectivity index (χ0) is 21.3.